The number of rotatable bonds is 4. The summed E-state index contributed by atoms with van der Waals surface area (Å²) in [6.07, 6.45) is 6.94. The molecule has 1 N–H and O–H groups in total. The van der Waals surface area contributed by atoms with Crippen molar-refractivity contribution in [3.8, 4) is 5.75 Å². The summed E-state index contributed by atoms with van der Waals surface area (Å²) in [5.74, 6) is 0.584. The average molecular weight is 351 g/mol. The van der Waals surface area contributed by atoms with Gasteiger partial charge in [0.1, 0.15) is 17.9 Å². The Labute approximate surface area is 147 Å². The van der Waals surface area contributed by atoms with Gasteiger partial charge in [0.15, 0.2) is 0 Å². The molecule has 0 unspecified atom stereocenters. The van der Waals surface area contributed by atoms with E-state index in [0.717, 1.165) is 38.5 Å². The molecule has 3 rings (SSSR count). The molecule has 5 nitrogen and oxygen atoms in total. The topological polar surface area (TPSA) is 58.6 Å². The zero-order chi connectivity index (χ0) is 17.0. The summed E-state index contributed by atoms with van der Waals surface area (Å²) in [6, 6.07) is 6.73. The van der Waals surface area contributed by atoms with Crippen LogP contribution >= 0.6 is 11.6 Å². The molecule has 2 aliphatic rings. The van der Waals surface area contributed by atoms with Gasteiger partial charge in [0.05, 0.1) is 6.54 Å². The summed E-state index contributed by atoms with van der Waals surface area (Å²) in [5, 5.41) is 3.60. The van der Waals surface area contributed by atoms with Gasteiger partial charge < -0.3 is 10.1 Å². The first-order valence-corrected chi connectivity index (χ1v) is 9.01. The molecule has 1 aromatic carbocycles. The van der Waals surface area contributed by atoms with E-state index in [1.165, 1.54) is 11.3 Å². The van der Waals surface area contributed by atoms with Crippen molar-refractivity contribution in [2.24, 2.45) is 0 Å². The lowest BCUT2D eigenvalue weighted by Gasteiger charge is -2.28. The first-order chi connectivity index (χ1) is 11.6. The molecule has 3 amide bonds. The second kappa shape index (κ2) is 7.43. The second-order valence-electron chi connectivity index (χ2n) is 6.54. The van der Waals surface area contributed by atoms with E-state index >= 15 is 0 Å². The zero-order valence-electron chi connectivity index (χ0n) is 13.7. The van der Waals surface area contributed by atoms with Crippen LogP contribution in [0.25, 0.3) is 0 Å². The van der Waals surface area contributed by atoms with E-state index in [-0.39, 0.29) is 25.1 Å². The van der Waals surface area contributed by atoms with Crippen LogP contribution in [0.4, 0.5) is 4.79 Å². The first-order valence-electron chi connectivity index (χ1n) is 8.63. The van der Waals surface area contributed by atoms with Gasteiger partial charge in [-0.05, 0) is 37.1 Å². The highest BCUT2D eigenvalue weighted by molar-refractivity contribution is 6.30. The fourth-order valence-corrected chi connectivity index (χ4v) is 3.64. The van der Waals surface area contributed by atoms with Gasteiger partial charge in [0.2, 0.25) is 0 Å². The standard InChI is InChI=1S/C18H23ClN2O3/c19-14-6-8-15(9-7-14)24-13-12-21-16(22)18(20-17(21)23)10-4-2-1-3-5-11-18/h6-9H,1-5,10-13H2,(H,20,23). The van der Waals surface area contributed by atoms with Crippen molar-refractivity contribution in [2.75, 3.05) is 13.2 Å². The number of hydrogen-bond donors (Lipinski definition) is 1. The number of imide groups is 1. The molecule has 0 bridgehead atoms. The molecular weight excluding hydrogens is 328 g/mol. The van der Waals surface area contributed by atoms with E-state index < -0.39 is 5.54 Å². The molecule has 1 aliphatic heterocycles. The maximum absolute atomic E-state index is 12.8. The number of urea groups is 1. The van der Waals surface area contributed by atoms with Crippen LogP contribution in [0.5, 0.6) is 5.75 Å². The Morgan fingerprint density at radius 3 is 2.33 bits per heavy atom. The van der Waals surface area contributed by atoms with Gasteiger partial charge in [-0.2, -0.15) is 0 Å². The smallest absolute Gasteiger partial charge is 0.325 e. The quantitative estimate of drug-likeness (QED) is 0.841. The number of nitrogens with zero attached hydrogens (tertiary/aromatic N) is 1. The third-order valence-corrected chi connectivity index (χ3v) is 5.10. The molecule has 2 fully saturated rings. The highest BCUT2D eigenvalue weighted by Crippen LogP contribution is 2.32. The minimum absolute atomic E-state index is 0.0888. The number of hydrogen-bond acceptors (Lipinski definition) is 3. The molecule has 0 radical (unpaired) electrons. The number of carbonyl (C=O) groups excluding carboxylic acids is 2. The van der Waals surface area contributed by atoms with E-state index in [1.54, 1.807) is 24.3 Å². The lowest BCUT2D eigenvalue weighted by atomic mass is 9.84. The number of nitrogens with one attached hydrogen (secondary N) is 1. The van der Waals surface area contributed by atoms with E-state index in [4.69, 9.17) is 16.3 Å². The van der Waals surface area contributed by atoms with Crippen LogP contribution in [0.1, 0.15) is 44.9 Å². The van der Waals surface area contributed by atoms with Gasteiger partial charge in [-0.15, -0.1) is 0 Å². The third kappa shape index (κ3) is 3.66. The van der Waals surface area contributed by atoms with Crippen molar-refractivity contribution >= 4 is 23.5 Å². The Balaban J connectivity index is 1.58. The monoisotopic (exact) mass is 350 g/mol. The van der Waals surface area contributed by atoms with Gasteiger partial charge in [-0.1, -0.05) is 43.7 Å². The molecule has 1 spiro atoms. The number of amides is 3. The minimum Gasteiger partial charge on any atom is -0.492 e. The van der Waals surface area contributed by atoms with Crippen LogP contribution in [0.2, 0.25) is 5.02 Å². The Morgan fingerprint density at radius 2 is 1.67 bits per heavy atom. The maximum atomic E-state index is 12.8. The second-order valence-corrected chi connectivity index (χ2v) is 6.98. The van der Waals surface area contributed by atoms with Gasteiger partial charge in [0, 0.05) is 5.02 Å². The fraction of sp³-hybridized carbons (Fsp3) is 0.556. The van der Waals surface area contributed by atoms with Crippen LogP contribution in [-0.4, -0.2) is 35.5 Å². The molecule has 130 valence electrons. The molecule has 1 saturated heterocycles. The number of benzene rings is 1. The first kappa shape index (κ1) is 17.1. The Morgan fingerprint density at radius 1 is 1.04 bits per heavy atom. The van der Waals surface area contributed by atoms with Gasteiger partial charge >= 0.3 is 6.03 Å². The van der Waals surface area contributed by atoms with Crippen LogP contribution in [-0.2, 0) is 4.79 Å². The Bertz CT molecular complexity index is 595. The molecule has 1 saturated carbocycles. The molecule has 24 heavy (non-hydrogen) atoms. The Kier molecular flexibility index (Phi) is 5.29. The number of halogens is 1. The van der Waals surface area contributed by atoms with Crippen LogP contribution < -0.4 is 10.1 Å². The number of carbonyl (C=O) groups is 2. The van der Waals surface area contributed by atoms with Crippen molar-refractivity contribution in [3.63, 3.8) is 0 Å². The molecule has 1 aromatic rings. The highest BCUT2D eigenvalue weighted by Gasteiger charge is 2.50. The lowest BCUT2D eigenvalue weighted by Crippen LogP contribution is -2.47. The molecule has 1 aliphatic carbocycles. The molecule has 0 atom stereocenters. The average Bonchev–Trinajstić information content (AvgIpc) is 2.78. The summed E-state index contributed by atoms with van der Waals surface area (Å²) in [7, 11) is 0. The number of ether oxygens (including phenoxy) is 1. The van der Waals surface area contributed by atoms with Crippen molar-refractivity contribution < 1.29 is 14.3 Å². The Hall–Kier alpha value is -1.75. The highest BCUT2D eigenvalue weighted by atomic mass is 35.5. The van der Waals surface area contributed by atoms with Crippen molar-refractivity contribution in [1.82, 2.24) is 10.2 Å². The summed E-state index contributed by atoms with van der Waals surface area (Å²) >= 11 is 5.83. The van der Waals surface area contributed by atoms with Gasteiger partial charge in [-0.25, -0.2) is 4.79 Å². The fourth-order valence-electron chi connectivity index (χ4n) is 3.51. The minimum atomic E-state index is -0.683. The van der Waals surface area contributed by atoms with Gasteiger partial charge in [-0.3, -0.25) is 9.69 Å². The molecule has 0 aromatic heterocycles. The predicted molar refractivity (Wildman–Crippen MR) is 92.2 cm³/mol. The summed E-state index contributed by atoms with van der Waals surface area (Å²) < 4.78 is 5.61. The maximum Gasteiger partial charge on any atom is 0.325 e. The largest absolute Gasteiger partial charge is 0.492 e. The van der Waals surface area contributed by atoms with E-state index in [2.05, 4.69) is 5.32 Å². The van der Waals surface area contributed by atoms with E-state index in [1.807, 2.05) is 0 Å². The van der Waals surface area contributed by atoms with Crippen LogP contribution in [0.15, 0.2) is 24.3 Å². The summed E-state index contributed by atoms with van der Waals surface area (Å²) in [6.45, 7) is 0.534. The lowest BCUT2D eigenvalue weighted by molar-refractivity contribution is -0.132. The van der Waals surface area contributed by atoms with Crippen molar-refractivity contribution in [2.45, 2.75) is 50.5 Å². The van der Waals surface area contributed by atoms with Crippen molar-refractivity contribution in [1.29, 1.82) is 0 Å². The summed E-state index contributed by atoms with van der Waals surface area (Å²) in [5.41, 5.74) is -0.683. The van der Waals surface area contributed by atoms with Gasteiger partial charge in [0.25, 0.3) is 5.91 Å². The van der Waals surface area contributed by atoms with Crippen LogP contribution in [0.3, 0.4) is 0 Å². The molecular formula is C18H23ClN2O3. The zero-order valence-corrected chi connectivity index (χ0v) is 14.5. The summed E-state index contributed by atoms with van der Waals surface area (Å²) in [4.78, 5) is 26.4. The van der Waals surface area contributed by atoms with E-state index in [0.29, 0.717) is 10.8 Å². The normalized spacial score (nSPS) is 20.6. The van der Waals surface area contributed by atoms with Crippen molar-refractivity contribution in [3.05, 3.63) is 29.3 Å². The predicted octanol–water partition coefficient (Wildman–Crippen LogP) is 3.75. The van der Waals surface area contributed by atoms with Crippen LogP contribution in [0, 0.1) is 0 Å². The SMILES string of the molecule is O=C1NC2(CCCCCCC2)C(=O)N1CCOc1ccc(Cl)cc1. The van der Waals surface area contributed by atoms with E-state index in [9.17, 15) is 9.59 Å². The molecule has 6 heteroatoms. The third-order valence-electron chi connectivity index (χ3n) is 4.85. The molecule has 1 heterocycles.